The number of aromatic nitrogens is 1. The Balaban J connectivity index is 1.81. The number of carbonyl (C=O) groups is 1. The Morgan fingerprint density at radius 3 is 2.72 bits per heavy atom. The highest BCUT2D eigenvalue weighted by Crippen LogP contribution is 2.45. The van der Waals surface area contributed by atoms with Gasteiger partial charge in [0.05, 0.1) is 15.9 Å². The van der Waals surface area contributed by atoms with Crippen LogP contribution in [0.4, 0.5) is 4.39 Å². The Morgan fingerprint density at radius 1 is 1.31 bits per heavy atom. The predicted molar refractivity (Wildman–Crippen MR) is 112 cm³/mol. The van der Waals surface area contributed by atoms with E-state index in [9.17, 15) is 14.7 Å². The van der Waals surface area contributed by atoms with Crippen LogP contribution < -0.4 is 11.2 Å². The smallest absolute Gasteiger partial charge is 0.341 e. The van der Waals surface area contributed by atoms with Crippen LogP contribution in [0, 0.1) is 5.82 Å². The number of halogens is 2. The summed E-state index contributed by atoms with van der Waals surface area (Å²) in [6.45, 7) is 0. The fraction of sp³-hybridized carbons (Fsp3) is 0.333. The molecule has 1 saturated carbocycles. The number of aromatic carboxylic acids is 1. The van der Waals surface area contributed by atoms with Gasteiger partial charge < -0.3 is 15.4 Å². The number of aryl methyl sites for hydroxylation is 1. The van der Waals surface area contributed by atoms with E-state index in [4.69, 9.17) is 17.3 Å². The first kappa shape index (κ1) is 18.8. The third-order valence-corrected chi connectivity index (χ3v) is 7.38. The van der Waals surface area contributed by atoms with Crippen LogP contribution >= 0.6 is 22.9 Å². The van der Waals surface area contributed by atoms with Gasteiger partial charge >= 0.3 is 5.97 Å². The highest BCUT2D eigenvalue weighted by Gasteiger charge is 2.30. The molecule has 1 unspecified atom stereocenters. The fourth-order valence-corrected chi connectivity index (χ4v) is 5.95. The number of thiophene rings is 1. The number of nitrogens with zero attached hydrogens (tertiary/aromatic N) is 1. The number of rotatable bonds is 3. The number of benzene rings is 1. The van der Waals surface area contributed by atoms with Crippen molar-refractivity contribution >= 4 is 39.8 Å². The minimum atomic E-state index is -1.33. The van der Waals surface area contributed by atoms with Crippen molar-refractivity contribution in [2.24, 2.45) is 5.73 Å². The summed E-state index contributed by atoms with van der Waals surface area (Å²) in [5.41, 5.74) is 6.82. The van der Waals surface area contributed by atoms with E-state index in [2.05, 4.69) is 0 Å². The van der Waals surface area contributed by atoms with Crippen molar-refractivity contribution in [1.29, 1.82) is 0 Å². The molecule has 2 aliphatic rings. The van der Waals surface area contributed by atoms with Crippen LogP contribution in [0.1, 0.15) is 58.6 Å². The Hall–Kier alpha value is -2.22. The van der Waals surface area contributed by atoms with Crippen LogP contribution in [0.15, 0.2) is 23.1 Å². The lowest BCUT2D eigenvalue weighted by atomic mass is 9.94. The SMILES string of the molecule is NC1CCCc2sc(-c3c(F)cc4c(=O)c(C(=O)O)cn(C5CC5)c4c3Cl)cc21. The highest BCUT2D eigenvalue weighted by atomic mass is 35.5. The summed E-state index contributed by atoms with van der Waals surface area (Å²) in [6.07, 6.45) is 5.88. The molecule has 2 heterocycles. The van der Waals surface area contributed by atoms with Gasteiger partial charge in [-0.2, -0.15) is 0 Å². The lowest BCUT2D eigenvalue weighted by Gasteiger charge is -2.17. The number of hydrogen-bond acceptors (Lipinski definition) is 4. The lowest BCUT2D eigenvalue weighted by Crippen LogP contribution is -2.19. The van der Waals surface area contributed by atoms with Gasteiger partial charge in [-0.1, -0.05) is 11.6 Å². The summed E-state index contributed by atoms with van der Waals surface area (Å²) in [5.74, 6) is -1.96. The van der Waals surface area contributed by atoms with Gasteiger partial charge in [-0.15, -0.1) is 11.3 Å². The topological polar surface area (TPSA) is 85.3 Å². The van der Waals surface area contributed by atoms with Crippen molar-refractivity contribution in [3.63, 3.8) is 0 Å². The Bertz CT molecular complexity index is 1250. The molecule has 1 aromatic carbocycles. The highest BCUT2D eigenvalue weighted by molar-refractivity contribution is 7.15. The fourth-order valence-electron chi connectivity index (χ4n) is 4.17. The minimum absolute atomic E-state index is 0.000992. The zero-order valence-corrected chi connectivity index (χ0v) is 16.9. The molecule has 0 radical (unpaired) electrons. The minimum Gasteiger partial charge on any atom is -0.477 e. The number of hydrogen-bond donors (Lipinski definition) is 2. The molecule has 0 spiro atoms. The third kappa shape index (κ3) is 2.91. The summed E-state index contributed by atoms with van der Waals surface area (Å²) in [5, 5.41) is 9.54. The van der Waals surface area contributed by atoms with Gasteiger partial charge in [0.1, 0.15) is 11.4 Å². The maximum atomic E-state index is 15.2. The summed E-state index contributed by atoms with van der Waals surface area (Å²) in [4.78, 5) is 26.0. The van der Waals surface area contributed by atoms with Gasteiger partial charge in [0.15, 0.2) is 0 Å². The van der Waals surface area contributed by atoms with Crippen LogP contribution in [0.5, 0.6) is 0 Å². The molecule has 0 aliphatic heterocycles. The summed E-state index contributed by atoms with van der Waals surface area (Å²) in [6, 6.07) is 3.04. The number of fused-ring (bicyclic) bond motifs is 2. The van der Waals surface area contributed by atoms with E-state index >= 15 is 4.39 Å². The number of nitrogens with two attached hydrogens (primary N) is 1. The summed E-state index contributed by atoms with van der Waals surface area (Å²) in [7, 11) is 0. The molecular weight excluding hydrogens is 415 g/mol. The van der Waals surface area contributed by atoms with Gasteiger partial charge in [0.25, 0.3) is 0 Å². The molecule has 0 saturated heterocycles. The van der Waals surface area contributed by atoms with E-state index in [1.807, 2.05) is 6.07 Å². The van der Waals surface area contributed by atoms with Gasteiger partial charge in [-0.05, 0) is 49.8 Å². The Labute approximate surface area is 174 Å². The van der Waals surface area contributed by atoms with Crippen molar-refractivity contribution in [1.82, 2.24) is 4.57 Å². The Kier molecular flexibility index (Phi) is 4.31. The third-order valence-electron chi connectivity index (χ3n) is 5.79. The number of pyridine rings is 1. The second-order valence-electron chi connectivity index (χ2n) is 7.75. The second kappa shape index (κ2) is 6.65. The molecular formula is C21H18ClFN2O3S. The average molecular weight is 433 g/mol. The molecule has 3 N–H and O–H groups in total. The van der Waals surface area contributed by atoms with Crippen molar-refractivity contribution in [3.8, 4) is 10.4 Å². The first-order valence-electron chi connectivity index (χ1n) is 9.55. The average Bonchev–Trinajstić information content (AvgIpc) is 3.42. The van der Waals surface area contributed by atoms with Crippen LogP contribution in [-0.4, -0.2) is 15.6 Å². The van der Waals surface area contributed by atoms with Crippen LogP contribution in [-0.2, 0) is 6.42 Å². The van der Waals surface area contributed by atoms with E-state index in [1.54, 1.807) is 4.57 Å². The van der Waals surface area contributed by atoms with E-state index in [0.717, 1.165) is 48.6 Å². The van der Waals surface area contributed by atoms with Crippen LogP contribution in [0.25, 0.3) is 21.3 Å². The maximum Gasteiger partial charge on any atom is 0.341 e. The molecule has 0 amide bonds. The molecule has 1 atom stereocenters. The zero-order valence-electron chi connectivity index (χ0n) is 15.4. The molecule has 3 aromatic rings. The molecule has 0 bridgehead atoms. The molecule has 5 rings (SSSR count). The van der Waals surface area contributed by atoms with E-state index in [-0.39, 0.29) is 33.6 Å². The predicted octanol–water partition coefficient (Wildman–Crippen LogP) is 4.89. The van der Waals surface area contributed by atoms with Crippen molar-refractivity contribution in [2.45, 2.75) is 44.2 Å². The van der Waals surface area contributed by atoms with Gasteiger partial charge in [0.2, 0.25) is 5.43 Å². The van der Waals surface area contributed by atoms with Crippen molar-refractivity contribution in [2.75, 3.05) is 0 Å². The number of carboxylic acid groups (broad SMARTS) is 1. The monoisotopic (exact) mass is 432 g/mol. The standard InChI is InChI=1S/C21H18ClFN2O3S/c22-18-17(16-7-10-14(24)2-1-3-15(10)29-16)13(23)6-11-19(18)25(9-4-5-9)8-12(20(11)26)21(27)28/h6-9,14H,1-5,24H2,(H,27,28). The molecule has 1 fully saturated rings. The van der Waals surface area contributed by atoms with E-state index in [1.165, 1.54) is 17.5 Å². The van der Waals surface area contributed by atoms with E-state index in [0.29, 0.717) is 10.4 Å². The first-order chi connectivity index (χ1) is 13.9. The summed E-state index contributed by atoms with van der Waals surface area (Å²) >= 11 is 8.18. The first-order valence-corrected chi connectivity index (χ1v) is 10.7. The van der Waals surface area contributed by atoms with E-state index < -0.39 is 17.2 Å². The van der Waals surface area contributed by atoms with Gasteiger partial charge in [-0.3, -0.25) is 4.79 Å². The zero-order chi connectivity index (χ0) is 20.4. The molecule has 5 nitrogen and oxygen atoms in total. The summed E-state index contributed by atoms with van der Waals surface area (Å²) < 4.78 is 16.9. The van der Waals surface area contributed by atoms with Gasteiger partial charge in [0, 0.05) is 33.6 Å². The molecule has 150 valence electrons. The number of carboxylic acids is 1. The quantitative estimate of drug-likeness (QED) is 0.616. The second-order valence-corrected chi connectivity index (χ2v) is 9.26. The maximum absolute atomic E-state index is 15.2. The molecule has 2 aromatic heterocycles. The molecule has 8 heteroatoms. The van der Waals surface area contributed by atoms with Crippen LogP contribution in [0.2, 0.25) is 5.02 Å². The molecule has 29 heavy (non-hydrogen) atoms. The largest absolute Gasteiger partial charge is 0.477 e. The lowest BCUT2D eigenvalue weighted by molar-refractivity contribution is 0.0695. The van der Waals surface area contributed by atoms with Gasteiger partial charge in [-0.25, -0.2) is 9.18 Å². The molecule has 2 aliphatic carbocycles. The van der Waals surface area contributed by atoms with Crippen molar-refractivity contribution < 1.29 is 14.3 Å². The normalized spacial score (nSPS) is 18.8. The van der Waals surface area contributed by atoms with Crippen LogP contribution in [0.3, 0.4) is 0 Å². The Morgan fingerprint density at radius 2 is 2.07 bits per heavy atom. The van der Waals surface area contributed by atoms with Crippen molar-refractivity contribution in [3.05, 3.63) is 55.4 Å².